The van der Waals surface area contributed by atoms with E-state index in [9.17, 15) is 35.4 Å². The molecule has 0 aliphatic rings. The van der Waals surface area contributed by atoms with Crippen molar-refractivity contribution >= 4 is 11.0 Å². The molecule has 0 bridgehead atoms. The minimum atomic E-state index is -1.22. The molecule has 2 aromatic carbocycles. The summed E-state index contributed by atoms with van der Waals surface area (Å²) in [6.45, 7) is 8.67. The number of benzene rings is 2. The second-order valence-electron chi connectivity index (χ2n) is 10.5. The van der Waals surface area contributed by atoms with Crippen molar-refractivity contribution in [2.24, 2.45) is 0 Å². The maximum atomic E-state index is 13.7. The molecule has 0 saturated carbocycles. The molecule has 1 atom stereocenters. The van der Waals surface area contributed by atoms with Gasteiger partial charge in [0, 0.05) is 23.3 Å². The van der Waals surface area contributed by atoms with Crippen molar-refractivity contribution in [3.63, 3.8) is 0 Å². The Morgan fingerprint density at radius 2 is 1.63 bits per heavy atom. The number of hydrogen-bond donors (Lipinski definition) is 6. The third-order valence-corrected chi connectivity index (χ3v) is 6.56. The fourth-order valence-electron chi connectivity index (χ4n) is 4.12. The lowest BCUT2D eigenvalue weighted by Crippen LogP contribution is -2.35. The normalized spacial score (nSPS) is 13.1. The zero-order chi connectivity index (χ0) is 28.4. The van der Waals surface area contributed by atoms with Crippen molar-refractivity contribution in [3.8, 4) is 34.3 Å². The Morgan fingerprint density at radius 3 is 2.24 bits per heavy atom. The van der Waals surface area contributed by atoms with Crippen LogP contribution < -0.4 is 5.43 Å². The van der Waals surface area contributed by atoms with E-state index in [1.807, 2.05) is 26.8 Å². The van der Waals surface area contributed by atoms with Crippen molar-refractivity contribution in [3.05, 3.63) is 68.9 Å². The molecule has 1 heterocycles. The predicted octanol–water partition coefficient (Wildman–Crippen LogP) is 5.19. The summed E-state index contributed by atoms with van der Waals surface area (Å²) in [6, 6.07) is 5.19. The topological polar surface area (TPSA) is 152 Å². The van der Waals surface area contributed by atoms with Crippen LogP contribution in [0.4, 0.5) is 0 Å². The number of phenols is 4. The lowest BCUT2D eigenvalue weighted by atomic mass is 9.95. The highest BCUT2D eigenvalue weighted by Crippen LogP contribution is 2.40. The third-order valence-electron chi connectivity index (χ3n) is 6.56. The Balaban J connectivity index is 2.10. The lowest BCUT2D eigenvalue weighted by Gasteiger charge is -2.24. The standard InChI is InChI=1S/C30H36O8/c1-16(2)6-10-21-28(36)26-24(38-29(21)20-12-9-18(31)14-22(20)32)15-23(33)19(27(26)35)11-7-17(3)8-13-25(34)30(4,5)37/h6-7,9,12,14-15,25,31-35,37H,8,10-11,13H2,1-5H3/b17-7+. The summed E-state index contributed by atoms with van der Waals surface area (Å²) < 4.78 is 5.99. The van der Waals surface area contributed by atoms with Crippen LogP contribution in [0.2, 0.25) is 0 Å². The van der Waals surface area contributed by atoms with E-state index in [1.54, 1.807) is 6.08 Å². The molecule has 0 spiro atoms. The molecule has 3 rings (SSSR count). The highest BCUT2D eigenvalue weighted by molar-refractivity contribution is 5.89. The maximum absolute atomic E-state index is 13.7. The predicted molar refractivity (Wildman–Crippen MR) is 147 cm³/mol. The van der Waals surface area contributed by atoms with Gasteiger partial charge in [-0.3, -0.25) is 4.79 Å². The molecule has 0 saturated heterocycles. The average molecular weight is 525 g/mol. The summed E-state index contributed by atoms with van der Waals surface area (Å²) in [7, 11) is 0. The number of aliphatic hydroxyl groups is 2. The van der Waals surface area contributed by atoms with Crippen LogP contribution in [-0.4, -0.2) is 42.3 Å². The van der Waals surface area contributed by atoms with E-state index in [0.29, 0.717) is 12.8 Å². The van der Waals surface area contributed by atoms with Gasteiger partial charge in [0.15, 0.2) is 0 Å². The molecule has 1 aromatic heterocycles. The molecule has 0 aliphatic carbocycles. The fourth-order valence-corrected chi connectivity index (χ4v) is 4.12. The summed E-state index contributed by atoms with van der Waals surface area (Å²) in [6.07, 6.45) is 3.84. The Hall–Kier alpha value is -3.75. The van der Waals surface area contributed by atoms with Gasteiger partial charge < -0.3 is 35.1 Å². The first kappa shape index (κ1) is 28.8. The lowest BCUT2D eigenvalue weighted by molar-refractivity contribution is -0.0509. The van der Waals surface area contributed by atoms with Gasteiger partial charge in [-0.1, -0.05) is 23.3 Å². The van der Waals surface area contributed by atoms with E-state index < -0.39 is 22.9 Å². The number of rotatable bonds is 9. The Labute approximate surface area is 221 Å². The van der Waals surface area contributed by atoms with E-state index in [1.165, 1.54) is 32.0 Å². The van der Waals surface area contributed by atoms with Gasteiger partial charge in [-0.25, -0.2) is 0 Å². The van der Waals surface area contributed by atoms with Crippen LogP contribution >= 0.6 is 0 Å². The molecular formula is C30H36O8. The summed E-state index contributed by atoms with van der Waals surface area (Å²) in [4.78, 5) is 13.7. The monoisotopic (exact) mass is 524 g/mol. The van der Waals surface area contributed by atoms with Crippen LogP contribution in [-0.2, 0) is 12.8 Å². The summed E-state index contributed by atoms with van der Waals surface area (Å²) in [5, 5.41) is 61.8. The quantitative estimate of drug-likeness (QED) is 0.209. The Morgan fingerprint density at radius 1 is 0.974 bits per heavy atom. The van der Waals surface area contributed by atoms with Crippen molar-refractivity contribution in [2.45, 2.75) is 72.0 Å². The highest BCUT2D eigenvalue weighted by Gasteiger charge is 2.25. The number of hydrogen-bond acceptors (Lipinski definition) is 8. The fraction of sp³-hybridized carbons (Fsp3) is 0.367. The summed E-state index contributed by atoms with van der Waals surface area (Å²) >= 11 is 0. The number of fused-ring (bicyclic) bond motifs is 1. The second-order valence-corrected chi connectivity index (χ2v) is 10.5. The second kappa shape index (κ2) is 11.3. The Kier molecular flexibility index (Phi) is 8.59. The van der Waals surface area contributed by atoms with Crippen molar-refractivity contribution in [2.75, 3.05) is 0 Å². The van der Waals surface area contributed by atoms with Gasteiger partial charge in [-0.05, 0) is 72.4 Å². The van der Waals surface area contributed by atoms with Crippen molar-refractivity contribution < 1.29 is 35.1 Å². The zero-order valence-electron chi connectivity index (χ0n) is 22.4. The first-order valence-electron chi connectivity index (χ1n) is 12.5. The minimum Gasteiger partial charge on any atom is -0.508 e. The first-order valence-corrected chi connectivity index (χ1v) is 12.5. The van der Waals surface area contributed by atoms with Gasteiger partial charge in [0.1, 0.15) is 39.7 Å². The number of allylic oxidation sites excluding steroid dienone is 4. The van der Waals surface area contributed by atoms with E-state index in [4.69, 9.17) is 4.42 Å². The van der Waals surface area contributed by atoms with Gasteiger partial charge in [0.05, 0.1) is 17.3 Å². The molecule has 8 nitrogen and oxygen atoms in total. The minimum absolute atomic E-state index is 0.0498. The number of phenolic OH excluding ortho intramolecular Hbond substituents is 4. The van der Waals surface area contributed by atoms with Crippen LogP contribution in [0.5, 0.6) is 23.0 Å². The molecule has 1 unspecified atom stereocenters. The maximum Gasteiger partial charge on any atom is 0.200 e. The van der Waals surface area contributed by atoms with Crippen LogP contribution in [0.25, 0.3) is 22.3 Å². The molecule has 0 fully saturated rings. The molecule has 38 heavy (non-hydrogen) atoms. The van der Waals surface area contributed by atoms with E-state index in [0.717, 1.165) is 17.2 Å². The Bertz CT molecular complexity index is 1450. The smallest absolute Gasteiger partial charge is 0.200 e. The average Bonchev–Trinajstić information content (AvgIpc) is 2.80. The van der Waals surface area contributed by atoms with Gasteiger partial charge >= 0.3 is 0 Å². The largest absolute Gasteiger partial charge is 0.508 e. The van der Waals surface area contributed by atoms with E-state index >= 15 is 0 Å². The molecule has 3 aromatic rings. The van der Waals surface area contributed by atoms with Crippen molar-refractivity contribution in [1.82, 2.24) is 0 Å². The van der Waals surface area contributed by atoms with Crippen molar-refractivity contribution in [1.29, 1.82) is 0 Å². The van der Waals surface area contributed by atoms with E-state index in [2.05, 4.69) is 0 Å². The molecule has 204 valence electrons. The first-order chi connectivity index (χ1) is 17.7. The number of aliphatic hydroxyl groups excluding tert-OH is 1. The van der Waals surface area contributed by atoms with Gasteiger partial charge in [-0.2, -0.15) is 0 Å². The molecular weight excluding hydrogens is 488 g/mol. The van der Waals surface area contributed by atoms with Crippen LogP contribution in [0, 0.1) is 0 Å². The summed E-state index contributed by atoms with van der Waals surface area (Å²) in [5.74, 6) is -1.03. The summed E-state index contributed by atoms with van der Waals surface area (Å²) in [5.41, 5.74) is 0.610. The molecule has 0 amide bonds. The molecule has 0 aliphatic heterocycles. The van der Waals surface area contributed by atoms with Crippen LogP contribution in [0.3, 0.4) is 0 Å². The van der Waals surface area contributed by atoms with Crippen LogP contribution in [0.1, 0.15) is 58.6 Å². The third kappa shape index (κ3) is 6.38. The molecule has 0 radical (unpaired) electrons. The molecule has 8 heteroatoms. The SMILES string of the molecule is CC(C)=CCc1c(-c2ccc(O)cc2O)oc2cc(O)c(C/C=C(\C)CCC(O)C(C)(C)O)c(O)c2c1=O. The zero-order valence-corrected chi connectivity index (χ0v) is 22.4. The van der Waals surface area contributed by atoms with E-state index in [-0.39, 0.29) is 63.5 Å². The molecule has 6 N–H and O–H groups in total. The van der Waals surface area contributed by atoms with Gasteiger partial charge in [0.2, 0.25) is 5.43 Å². The highest BCUT2D eigenvalue weighted by atomic mass is 16.3. The van der Waals surface area contributed by atoms with Gasteiger partial charge in [0.25, 0.3) is 0 Å². The number of aromatic hydroxyl groups is 4. The van der Waals surface area contributed by atoms with Gasteiger partial charge in [-0.15, -0.1) is 0 Å². The van der Waals surface area contributed by atoms with Crippen LogP contribution in [0.15, 0.2) is 56.8 Å².